The van der Waals surface area contributed by atoms with Crippen LogP contribution >= 0.6 is 0 Å². The van der Waals surface area contributed by atoms with E-state index in [0.29, 0.717) is 5.69 Å². The Bertz CT molecular complexity index is 647. The van der Waals surface area contributed by atoms with E-state index in [4.69, 9.17) is 0 Å². The minimum atomic E-state index is -0.587. The maximum Gasteiger partial charge on any atom is 0.296 e. The summed E-state index contributed by atoms with van der Waals surface area (Å²) >= 11 is 0. The summed E-state index contributed by atoms with van der Waals surface area (Å²) < 4.78 is 0. The van der Waals surface area contributed by atoms with Crippen LogP contribution in [-0.2, 0) is 9.59 Å². The molecule has 0 bridgehead atoms. The van der Waals surface area contributed by atoms with Crippen LogP contribution in [0, 0.1) is 0 Å². The summed E-state index contributed by atoms with van der Waals surface area (Å²) in [6.07, 6.45) is 4.84. The van der Waals surface area contributed by atoms with Crippen LogP contribution < -0.4 is 15.9 Å². The minimum absolute atomic E-state index is 0. The van der Waals surface area contributed by atoms with Gasteiger partial charge in [0.05, 0.1) is 11.0 Å². The SMILES string of the molecule is O=C1C=c2ccc3c(c2NC1=O)C=CN=3.[Li]. The van der Waals surface area contributed by atoms with Crippen molar-refractivity contribution >= 4 is 48.4 Å². The number of anilines is 1. The van der Waals surface area contributed by atoms with Crippen LogP contribution in [0.4, 0.5) is 5.69 Å². The van der Waals surface area contributed by atoms with E-state index in [1.54, 1.807) is 12.3 Å². The fourth-order valence-corrected chi connectivity index (χ4v) is 1.74. The first-order chi connectivity index (χ1) is 7.25. The van der Waals surface area contributed by atoms with Gasteiger partial charge in [0.1, 0.15) is 0 Å². The van der Waals surface area contributed by atoms with E-state index >= 15 is 0 Å². The molecular weight excluding hydrogens is 199 g/mol. The van der Waals surface area contributed by atoms with Crippen molar-refractivity contribution < 1.29 is 9.59 Å². The second-order valence-electron chi connectivity index (χ2n) is 3.37. The normalized spacial score (nSPS) is 15.2. The monoisotopic (exact) mass is 205 g/mol. The molecule has 0 aliphatic carbocycles. The van der Waals surface area contributed by atoms with E-state index in [1.807, 2.05) is 12.1 Å². The molecule has 1 aromatic rings. The molecule has 4 nitrogen and oxygen atoms in total. The fraction of sp³-hybridized carbons (Fsp3) is 0. The van der Waals surface area contributed by atoms with Crippen molar-refractivity contribution in [3.63, 3.8) is 0 Å². The largest absolute Gasteiger partial charge is 0.318 e. The summed E-state index contributed by atoms with van der Waals surface area (Å²) in [6.45, 7) is 0. The zero-order chi connectivity index (χ0) is 10.4. The van der Waals surface area contributed by atoms with Crippen LogP contribution in [0.2, 0.25) is 0 Å². The molecule has 2 heterocycles. The number of fused-ring (bicyclic) bond motifs is 3. The number of Topliss-reactive ketones (excluding diaryl/α,β-unsaturated/α-hetero) is 1. The van der Waals surface area contributed by atoms with Crippen molar-refractivity contribution in [2.45, 2.75) is 0 Å². The summed E-state index contributed by atoms with van der Waals surface area (Å²) in [5, 5.41) is 4.13. The Morgan fingerprint density at radius 3 is 2.81 bits per heavy atom. The van der Waals surface area contributed by atoms with Gasteiger partial charge in [-0.1, -0.05) is 6.07 Å². The maximum absolute atomic E-state index is 11.2. The number of amides is 1. The van der Waals surface area contributed by atoms with E-state index < -0.39 is 11.7 Å². The van der Waals surface area contributed by atoms with Crippen molar-refractivity contribution in [1.29, 1.82) is 0 Å². The molecule has 0 fully saturated rings. The third-order valence-corrected chi connectivity index (χ3v) is 2.46. The molecule has 1 radical (unpaired) electrons. The van der Waals surface area contributed by atoms with Crippen molar-refractivity contribution in [2.24, 2.45) is 4.99 Å². The van der Waals surface area contributed by atoms with Crippen LogP contribution in [0.15, 0.2) is 23.3 Å². The van der Waals surface area contributed by atoms with Gasteiger partial charge in [-0.05, 0) is 12.1 Å². The molecule has 0 atom stereocenters. The molecule has 3 rings (SSSR count). The zero-order valence-electron chi connectivity index (χ0n) is 8.65. The van der Waals surface area contributed by atoms with E-state index in [-0.39, 0.29) is 18.9 Å². The number of nitrogens with zero attached hydrogens (tertiary/aromatic N) is 1. The Morgan fingerprint density at radius 2 is 2.00 bits per heavy atom. The van der Waals surface area contributed by atoms with Crippen LogP contribution in [0.1, 0.15) is 5.56 Å². The molecule has 2 aliphatic rings. The number of hydrogen-bond acceptors (Lipinski definition) is 3. The number of benzene rings is 1. The first kappa shape index (κ1) is 10.9. The molecule has 0 saturated heterocycles. The molecular formula is C11H6LiN2O2. The second kappa shape index (κ2) is 3.74. The Balaban J connectivity index is 0.000000963. The fourth-order valence-electron chi connectivity index (χ4n) is 1.74. The molecule has 1 N–H and O–H groups in total. The molecule has 0 aromatic heterocycles. The summed E-state index contributed by atoms with van der Waals surface area (Å²) in [5.41, 5.74) is 1.54. The van der Waals surface area contributed by atoms with Crippen LogP contribution in [-0.4, -0.2) is 30.6 Å². The summed E-state index contributed by atoms with van der Waals surface area (Å²) in [6, 6.07) is 3.61. The first-order valence-corrected chi connectivity index (χ1v) is 4.50. The van der Waals surface area contributed by atoms with Crippen molar-refractivity contribution in [1.82, 2.24) is 0 Å². The van der Waals surface area contributed by atoms with Gasteiger partial charge >= 0.3 is 0 Å². The molecule has 1 aromatic carbocycles. The van der Waals surface area contributed by atoms with E-state index in [9.17, 15) is 9.59 Å². The molecule has 1 amide bonds. The van der Waals surface area contributed by atoms with Gasteiger partial charge in [0.25, 0.3) is 5.91 Å². The molecule has 0 saturated carbocycles. The van der Waals surface area contributed by atoms with Gasteiger partial charge in [-0.25, -0.2) is 0 Å². The molecule has 5 heteroatoms. The van der Waals surface area contributed by atoms with Gasteiger partial charge in [-0.15, -0.1) is 0 Å². The van der Waals surface area contributed by atoms with Gasteiger partial charge in [0.15, 0.2) is 0 Å². The van der Waals surface area contributed by atoms with E-state index in [2.05, 4.69) is 10.3 Å². The predicted molar refractivity (Wildman–Crippen MR) is 60.1 cm³/mol. The molecule has 73 valence electrons. The second-order valence-corrected chi connectivity index (χ2v) is 3.37. The van der Waals surface area contributed by atoms with Crippen LogP contribution in [0.25, 0.3) is 12.2 Å². The topological polar surface area (TPSA) is 58.5 Å². The van der Waals surface area contributed by atoms with E-state index in [0.717, 1.165) is 16.1 Å². The average Bonchev–Trinajstić information content (AvgIpc) is 2.68. The third-order valence-electron chi connectivity index (χ3n) is 2.46. The number of rotatable bonds is 0. The van der Waals surface area contributed by atoms with Crippen molar-refractivity contribution in [3.05, 3.63) is 34.5 Å². The molecule has 0 unspecified atom stereocenters. The van der Waals surface area contributed by atoms with Crippen molar-refractivity contribution in [2.75, 3.05) is 5.32 Å². The smallest absolute Gasteiger partial charge is 0.296 e. The van der Waals surface area contributed by atoms with Crippen LogP contribution in [0.5, 0.6) is 0 Å². The minimum Gasteiger partial charge on any atom is -0.318 e. The van der Waals surface area contributed by atoms with Gasteiger partial charge in [0, 0.05) is 41.9 Å². The number of hydrogen-bond donors (Lipinski definition) is 1. The quantitative estimate of drug-likeness (QED) is 0.445. The molecule has 0 spiro atoms. The Kier molecular flexibility index (Phi) is 2.54. The summed E-state index contributed by atoms with van der Waals surface area (Å²) in [4.78, 5) is 26.5. The number of nitrogens with one attached hydrogen (secondary N) is 1. The third kappa shape index (κ3) is 1.44. The van der Waals surface area contributed by atoms with Gasteiger partial charge in [-0.2, -0.15) is 0 Å². The number of carbonyl (C=O) groups is 2. The van der Waals surface area contributed by atoms with Crippen molar-refractivity contribution in [3.8, 4) is 0 Å². The Morgan fingerprint density at radius 1 is 1.19 bits per heavy atom. The van der Waals surface area contributed by atoms with Gasteiger partial charge in [0.2, 0.25) is 5.78 Å². The average molecular weight is 205 g/mol. The molecule has 2 aliphatic heterocycles. The molecule has 16 heavy (non-hydrogen) atoms. The zero-order valence-corrected chi connectivity index (χ0v) is 8.65. The Labute approximate surface area is 103 Å². The van der Waals surface area contributed by atoms with Gasteiger partial charge in [-0.3, -0.25) is 14.6 Å². The maximum atomic E-state index is 11.2. The summed E-state index contributed by atoms with van der Waals surface area (Å²) in [7, 11) is 0. The van der Waals surface area contributed by atoms with Gasteiger partial charge < -0.3 is 5.32 Å². The first-order valence-electron chi connectivity index (χ1n) is 4.50. The number of carbonyl (C=O) groups excluding carboxylic acids is 2. The Hall–Kier alpha value is -1.63. The standard InChI is InChI=1S/C11H6N2O2.Li/c14-9-5-6-1-2-8-7(3-4-12-8)10(6)13-11(9)15;/h1-5H,(H,13,15);. The predicted octanol–water partition coefficient (Wildman–Crippen LogP) is -0.789. The number of ketones is 1. The van der Waals surface area contributed by atoms with E-state index in [1.165, 1.54) is 6.08 Å². The van der Waals surface area contributed by atoms with Crippen LogP contribution in [0.3, 0.4) is 0 Å². The summed E-state index contributed by atoms with van der Waals surface area (Å²) in [5.74, 6) is -1.10.